The summed E-state index contributed by atoms with van der Waals surface area (Å²) in [6, 6.07) is 9.26. The van der Waals surface area contributed by atoms with Crippen molar-refractivity contribution in [2.45, 2.75) is 19.4 Å². The Morgan fingerprint density at radius 3 is 2.70 bits per heavy atom. The molecule has 3 heterocycles. The van der Waals surface area contributed by atoms with Gasteiger partial charge in [-0.1, -0.05) is 23.7 Å². The number of nitrogens with zero attached hydrogens (tertiary/aromatic N) is 4. The molecule has 0 unspecified atom stereocenters. The summed E-state index contributed by atoms with van der Waals surface area (Å²) in [4.78, 5) is 28.8. The highest BCUT2D eigenvalue weighted by Gasteiger charge is 2.28. The lowest BCUT2D eigenvalue weighted by atomic mass is 10.1. The summed E-state index contributed by atoms with van der Waals surface area (Å²) in [5.41, 5.74) is 1.67. The van der Waals surface area contributed by atoms with Gasteiger partial charge in [-0.3, -0.25) is 19.4 Å². The van der Waals surface area contributed by atoms with Crippen LogP contribution < -0.4 is 10.2 Å². The number of aromatic nitrogens is 2. The molecule has 1 aromatic carbocycles. The first kappa shape index (κ1) is 20.8. The zero-order chi connectivity index (χ0) is 20.9. The predicted molar refractivity (Wildman–Crippen MR) is 115 cm³/mol. The molecule has 2 aliphatic heterocycles. The average Bonchev–Trinajstić information content (AvgIpc) is 3.19. The van der Waals surface area contributed by atoms with Crippen molar-refractivity contribution in [2.75, 3.05) is 50.8 Å². The van der Waals surface area contributed by atoms with Gasteiger partial charge in [0, 0.05) is 42.7 Å². The van der Waals surface area contributed by atoms with Crippen molar-refractivity contribution >= 4 is 29.2 Å². The first-order valence-electron chi connectivity index (χ1n) is 10.3. The predicted octanol–water partition coefficient (Wildman–Crippen LogP) is 1.78. The number of fused-ring (bicyclic) bond motifs is 1. The second-order valence-corrected chi connectivity index (χ2v) is 7.94. The van der Waals surface area contributed by atoms with E-state index in [4.69, 9.17) is 16.3 Å². The number of hydrogen-bond donors (Lipinski definition) is 1. The van der Waals surface area contributed by atoms with E-state index in [0.717, 1.165) is 50.5 Å². The Balaban J connectivity index is 1.34. The van der Waals surface area contributed by atoms with Crippen molar-refractivity contribution in [3.05, 3.63) is 35.4 Å². The van der Waals surface area contributed by atoms with Gasteiger partial charge >= 0.3 is 0 Å². The van der Waals surface area contributed by atoms with E-state index < -0.39 is 0 Å². The number of amides is 2. The summed E-state index contributed by atoms with van der Waals surface area (Å²) in [6.45, 7) is 5.47. The molecule has 2 aliphatic rings. The lowest BCUT2D eigenvalue weighted by Crippen LogP contribution is -2.45. The number of carbonyl (C=O) groups is 2. The Hall–Kier alpha value is -2.42. The molecule has 1 saturated heterocycles. The summed E-state index contributed by atoms with van der Waals surface area (Å²) in [5, 5.41) is 8.19. The fraction of sp³-hybridized carbons (Fsp3) is 0.476. The second-order valence-electron chi connectivity index (χ2n) is 7.51. The van der Waals surface area contributed by atoms with E-state index in [9.17, 15) is 9.59 Å². The quantitative estimate of drug-likeness (QED) is 0.676. The molecule has 4 rings (SSSR count). The Bertz CT molecular complexity index is 893. The topological polar surface area (TPSA) is 79.7 Å². The number of morpholine rings is 1. The molecule has 1 fully saturated rings. The molecule has 0 spiro atoms. The summed E-state index contributed by atoms with van der Waals surface area (Å²) in [5.74, 6) is 0.432. The van der Waals surface area contributed by atoms with Crippen LogP contribution in [0.15, 0.2) is 30.3 Å². The van der Waals surface area contributed by atoms with Crippen molar-refractivity contribution in [1.82, 2.24) is 20.0 Å². The van der Waals surface area contributed by atoms with Crippen molar-refractivity contribution < 1.29 is 14.3 Å². The van der Waals surface area contributed by atoms with E-state index in [0.29, 0.717) is 30.4 Å². The maximum absolute atomic E-state index is 12.5. The standard InChI is InChI=1S/C21H26ClN5O3/c22-17-4-2-16(3-5-17)18-14-20-26(21(29)6-9-27(20)24-18)15-19(28)23-7-1-8-25-10-12-30-13-11-25/h2-5,14H,1,6-13,15H2,(H,23,28). The minimum absolute atomic E-state index is 0.00212. The zero-order valence-electron chi connectivity index (χ0n) is 16.8. The summed E-state index contributed by atoms with van der Waals surface area (Å²) >= 11 is 5.96. The number of benzene rings is 1. The minimum Gasteiger partial charge on any atom is -0.379 e. The van der Waals surface area contributed by atoms with Crippen molar-refractivity contribution in [3.8, 4) is 11.3 Å². The van der Waals surface area contributed by atoms with Gasteiger partial charge in [0.15, 0.2) is 0 Å². The number of rotatable bonds is 7. The Labute approximate surface area is 180 Å². The number of anilines is 1. The molecule has 0 saturated carbocycles. The normalized spacial score (nSPS) is 17.1. The first-order valence-corrected chi connectivity index (χ1v) is 10.7. The largest absolute Gasteiger partial charge is 0.379 e. The average molecular weight is 432 g/mol. The Morgan fingerprint density at radius 1 is 1.17 bits per heavy atom. The molecular weight excluding hydrogens is 406 g/mol. The molecule has 2 aromatic rings. The monoisotopic (exact) mass is 431 g/mol. The molecule has 0 atom stereocenters. The van der Waals surface area contributed by atoms with Crippen molar-refractivity contribution in [1.29, 1.82) is 0 Å². The number of halogens is 1. The Kier molecular flexibility index (Phi) is 6.66. The molecule has 8 nitrogen and oxygen atoms in total. The minimum atomic E-state index is -0.159. The lowest BCUT2D eigenvalue weighted by molar-refractivity contribution is -0.124. The summed E-state index contributed by atoms with van der Waals surface area (Å²) < 4.78 is 7.13. The highest BCUT2D eigenvalue weighted by Crippen LogP contribution is 2.28. The SMILES string of the molecule is O=C(CN1C(=O)CCn2nc(-c3ccc(Cl)cc3)cc21)NCCCN1CCOCC1. The van der Waals surface area contributed by atoms with Gasteiger partial charge < -0.3 is 10.1 Å². The third kappa shape index (κ3) is 5.00. The van der Waals surface area contributed by atoms with Crippen LogP contribution >= 0.6 is 11.6 Å². The van der Waals surface area contributed by atoms with Gasteiger partial charge in [0.1, 0.15) is 12.4 Å². The van der Waals surface area contributed by atoms with Crippen LogP contribution in [-0.4, -0.2) is 72.4 Å². The fourth-order valence-corrected chi connectivity index (χ4v) is 3.86. The lowest BCUT2D eigenvalue weighted by Gasteiger charge is -2.27. The molecule has 160 valence electrons. The van der Waals surface area contributed by atoms with Crippen LogP contribution in [0, 0.1) is 0 Å². The summed E-state index contributed by atoms with van der Waals surface area (Å²) in [6.07, 6.45) is 1.21. The van der Waals surface area contributed by atoms with Crippen LogP contribution in [0.2, 0.25) is 5.02 Å². The van der Waals surface area contributed by atoms with Crippen LogP contribution in [0.25, 0.3) is 11.3 Å². The number of carbonyl (C=O) groups excluding carboxylic acids is 2. The molecular formula is C21H26ClN5O3. The van der Waals surface area contributed by atoms with Crippen LogP contribution in [-0.2, 0) is 20.9 Å². The molecule has 1 N–H and O–H groups in total. The van der Waals surface area contributed by atoms with E-state index in [1.165, 1.54) is 4.90 Å². The van der Waals surface area contributed by atoms with E-state index in [-0.39, 0.29) is 18.4 Å². The van der Waals surface area contributed by atoms with Crippen molar-refractivity contribution in [3.63, 3.8) is 0 Å². The van der Waals surface area contributed by atoms with Crippen LogP contribution in [0.5, 0.6) is 0 Å². The van der Waals surface area contributed by atoms with E-state index in [1.54, 1.807) is 4.68 Å². The Morgan fingerprint density at radius 2 is 1.93 bits per heavy atom. The zero-order valence-corrected chi connectivity index (χ0v) is 17.6. The van der Waals surface area contributed by atoms with Gasteiger partial charge in [0.2, 0.25) is 11.8 Å². The number of nitrogens with one attached hydrogen (secondary N) is 1. The second kappa shape index (κ2) is 9.59. The van der Waals surface area contributed by atoms with Gasteiger partial charge in [0.05, 0.1) is 25.5 Å². The van der Waals surface area contributed by atoms with Crippen molar-refractivity contribution in [2.24, 2.45) is 0 Å². The number of aryl methyl sites for hydroxylation is 1. The maximum atomic E-state index is 12.5. The van der Waals surface area contributed by atoms with Gasteiger partial charge in [-0.05, 0) is 25.1 Å². The smallest absolute Gasteiger partial charge is 0.240 e. The number of hydrogen-bond acceptors (Lipinski definition) is 5. The summed E-state index contributed by atoms with van der Waals surface area (Å²) in [7, 11) is 0. The van der Waals surface area contributed by atoms with Gasteiger partial charge in [-0.15, -0.1) is 0 Å². The maximum Gasteiger partial charge on any atom is 0.240 e. The third-order valence-corrected chi connectivity index (χ3v) is 5.64. The molecule has 9 heteroatoms. The molecule has 1 aromatic heterocycles. The van der Waals surface area contributed by atoms with Crippen LogP contribution in [0.3, 0.4) is 0 Å². The van der Waals surface area contributed by atoms with E-state index >= 15 is 0 Å². The van der Waals surface area contributed by atoms with E-state index in [1.807, 2.05) is 30.3 Å². The van der Waals surface area contributed by atoms with Gasteiger partial charge in [0.25, 0.3) is 0 Å². The third-order valence-electron chi connectivity index (χ3n) is 5.39. The van der Waals surface area contributed by atoms with Crippen LogP contribution in [0.1, 0.15) is 12.8 Å². The van der Waals surface area contributed by atoms with Crippen LogP contribution in [0.4, 0.5) is 5.82 Å². The molecule has 0 aliphatic carbocycles. The highest BCUT2D eigenvalue weighted by atomic mass is 35.5. The highest BCUT2D eigenvalue weighted by molar-refractivity contribution is 6.30. The van der Waals surface area contributed by atoms with Gasteiger partial charge in [-0.25, -0.2) is 4.68 Å². The van der Waals surface area contributed by atoms with E-state index in [2.05, 4.69) is 15.3 Å². The first-order chi connectivity index (χ1) is 14.6. The molecule has 30 heavy (non-hydrogen) atoms. The fourth-order valence-electron chi connectivity index (χ4n) is 3.74. The molecule has 0 bridgehead atoms. The molecule has 2 amide bonds. The van der Waals surface area contributed by atoms with Gasteiger partial charge in [-0.2, -0.15) is 5.10 Å². The number of ether oxygens (including phenoxy) is 1. The molecule has 0 radical (unpaired) electrons.